The summed E-state index contributed by atoms with van der Waals surface area (Å²) in [6.45, 7) is 1.98. The lowest BCUT2D eigenvalue weighted by Gasteiger charge is -2.17. The third-order valence-corrected chi connectivity index (χ3v) is 4.09. The van der Waals surface area contributed by atoms with Crippen molar-refractivity contribution in [1.29, 1.82) is 0 Å². The van der Waals surface area contributed by atoms with Crippen LogP contribution in [-0.4, -0.2) is 19.3 Å². The Morgan fingerprint density at radius 3 is 2.25 bits per heavy atom. The van der Waals surface area contributed by atoms with Gasteiger partial charge in [0.15, 0.2) is 0 Å². The van der Waals surface area contributed by atoms with E-state index in [0.717, 1.165) is 26.9 Å². The van der Waals surface area contributed by atoms with E-state index in [1.54, 1.807) is 14.2 Å². The second-order valence-electron chi connectivity index (χ2n) is 4.52. The summed E-state index contributed by atoms with van der Waals surface area (Å²) in [5.41, 5.74) is 2.59. The molecule has 0 aliphatic carbocycles. The molecule has 0 spiro atoms. The maximum atomic E-state index is 10.5. The van der Waals surface area contributed by atoms with Crippen molar-refractivity contribution in [2.75, 3.05) is 14.2 Å². The van der Waals surface area contributed by atoms with Crippen molar-refractivity contribution < 1.29 is 14.6 Å². The molecule has 2 aromatic carbocycles. The molecule has 0 fully saturated rings. The summed E-state index contributed by atoms with van der Waals surface area (Å²) in [6.07, 6.45) is -0.743. The molecule has 1 unspecified atom stereocenters. The van der Waals surface area contributed by atoms with Crippen LogP contribution < -0.4 is 9.47 Å². The number of ether oxygens (including phenoxy) is 2. The molecule has 1 atom stereocenters. The molecule has 2 aromatic rings. The standard InChI is InChI=1S/C16H17BrO3/c1-10-8-15(20-3)13(9-14(10)17)16(18)11-4-6-12(19-2)7-5-11/h4-9,16,18H,1-3H3. The van der Waals surface area contributed by atoms with Crippen molar-refractivity contribution in [1.82, 2.24) is 0 Å². The fraction of sp³-hybridized carbons (Fsp3) is 0.250. The van der Waals surface area contributed by atoms with Crippen molar-refractivity contribution in [3.8, 4) is 11.5 Å². The van der Waals surface area contributed by atoms with Gasteiger partial charge < -0.3 is 14.6 Å². The van der Waals surface area contributed by atoms with Gasteiger partial charge in [-0.3, -0.25) is 0 Å². The maximum Gasteiger partial charge on any atom is 0.125 e. The van der Waals surface area contributed by atoms with Crippen LogP contribution in [0.4, 0.5) is 0 Å². The summed E-state index contributed by atoms with van der Waals surface area (Å²) in [5, 5.41) is 10.5. The Labute approximate surface area is 127 Å². The number of methoxy groups -OCH3 is 2. The van der Waals surface area contributed by atoms with Gasteiger partial charge in [-0.15, -0.1) is 0 Å². The quantitative estimate of drug-likeness (QED) is 0.921. The molecule has 0 aliphatic rings. The minimum absolute atomic E-state index is 0.675. The summed E-state index contributed by atoms with van der Waals surface area (Å²) >= 11 is 3.49. The number of benzene rings is 2. The highest BCUT2D eigenvalue weighted by molar-refractivity contribution is 9.10. The van der Waals surface area contributed by atoms with Gasteiger partial charge >= 0.3 is 0 Å². The molecular weight excluding hydrogens is 320 g/mol. The maximum absolute atomic E-state index is 10.5. The van der Waals surface area contributed by atoms with Crippen LogP contribution in [0.5, 0.6) is 11.5 Å². The molecular formula is C16H17BrO3. The van der Waals surface area contributed by atoms with Crippen molar-refractivity contribution >= 4 is 15.9 Å². The molecule has 0 aromatic heterocycles. The van der Waals surface area contributed by atoms with Gasteiger partial charge in [-0.25, -0.2) is 0 Å². The van der Waals surface area contributed by atoms with Gasteiger partial charge in [-0.05, 0) is 42.3 Å². The monoisotopic (exact) mass is 336 g/mol. The topological polar surface area (TPSA) is 38.7 Å². The predicted octanol–water partition coefficient (Wildman–Crippen LogP) is 3.86. The minimum Gasteiger partial charge on any atom is -0.497 e. The van der Waals surface area contributed by atoms with Crippen LogP contribution in [0.3, 0.4) is 0 Å². The Morgan fingerprint density at radius 1 is 1.05 bits per heavy atom. The molecule has 0 bridgehead atoms. The number of hydrogen-bond donors (Lipinski definition) is 1. The van der Waals surface area contributed by atoms with E-state index in [9.17, 15) is 5.11 Å². The number of hydrogen-bond acceptors (Lipinski definition) is 3. The predicted molar refractivity (Wildman–Crippen MR) is 82.5 cm³/mol. The molecule has 1 N–H and O–H groups in total. The molecule has 0 aliphatic heterocycles. The zero-order chi connectivity index (χ0) is 14.7. The fourth-order valence-electron chi connectivity index (χ4n) is 2.03. The van der Waals surface area contributed by atoms with Crippen LogP contribution in [0.25, 0.3) is 0 Å². The number of aliphatic hydroxyl groups is 1. The first kappa shape index (κ1) is 14.9. The lowest BCUT2D eigenvalue weighted by Crippen LogP contribution is -2.03. The second kappa shape index (κ2) is 6.29. The van der Waals surface area contributed by atoms with Crippen LogP contribution in [0.15, 0.2) is 40.9 Å². The van der Waals surface area contributed by atoms with E-state index in [-0.39, 0.29) is 0 Å². The molecule has 4 heteroatoms. The molecule has 2 rings (SSSR count). The molecule has 106 valence electrons. The van der Waals surface area contributed by atoms with Gasteiger partial charge in [-0.1, -0.05) is 28.1 Å². The third kappa shape index (κ3) is 2.97. The zero-order valence-electron chi connectivity index (χ0n) is 11.7. The van der Waals surface area contributed by atoms with Crippen molar-refractivity contribution in [3.05, 3.63) is 57.6 Å². The fourth-order valence-corrected chi connectivity index (χ4v) is 2.39. The first-order chi connectivity index (χ1) is 9.56. The highest BCUT2D eigenvalue weighted by Crippen LogP contribution is 2.34. The van der Waals surface area contributed by atoms with E-state index in [4.69, 9.17) is 9.47 Å². The van der Waals surface area contributed by atoms with Crippen LogP contribution in [0.1, 0.15) is 22.8 Å². The van der Waals surface area contributed by atoms with E-state index in [1.807, 2.05) is 43.3 Å². The number of halogens is 1. The van der Waals surface area contributed by atoms with Gasteiger partial charge in [0.25, 0.3) is 0 Å². The lowest BCUT2D eigenvalue weighted by molar-refractivity contribution is 0.214. The third-order valence-electron chi connectivity index (χ3n) is 3.24. The van der Waals surface area contributed by atoms with E-state index in [1.165, 1.54) is 0 Å². The Morgan fingerprint density at radius 2 is 1.70 bits per heavy atom. The summed E-state index contributed by atoms with van der Waals surface area (Å²) in [4.78, 5) is 0. The Bertz CT molecular complexity index is 593. The molecule has 0 heterocycles. The van der Waals surface area contributed by atoms with Crippen LogP contribution in [0, 0.1) is 6.92 Å². The molecule has 0 saturated carbocycles. The van der Waals surface area contributed by atoms with E-state index < -0.39 is 6.10 Å². The summed E-state index contributed by atoms with van der Waals surface area (Å²) < 4.78 is 11.4. The molecule has 20 heavy (non-hydrogen) atoms. The number of aryl methyl sites for hydroxylation is 1. The van der Waals surface area contributed by atoms with Gasteiger partial charge in [0, 0.05) is 10.0 Å². The zero-order valence-corrected chi connectivity index (χ0v) is 13.3. The average molecular weight is 337 g/mol. The van der Waals surface area contributed by atoms with Crippen molar-refractivity contribution in [2.24, 2.45) is 0 Å². The average Bonchev–Trinajstić information content (AvgIpc) is 2.49. The van der Waals surface area contributed by atoms with Gasteiger partial charge in [0.2, 0.25) is 0 Å². The first-order valence-corrected chi connectivity index (χ1v) is 7.02. The highest BCUT2D eigenvalue weighted by atomic mass is 79.9. The van der Waals surface area contributed by atoms with Crippen molar-refractivity contribution in [2.45, 2.75) is 13.0 Å². The summed E-state index contributed by atoms with van der Waals surface area (Å²) in [5.74, 6) is 1.44. The van der Waals surface area contributed by atoms with Crippen molar-refractivity contribution in [3.63, 3.8) is 0 Å². The lowest BCUT2D eigenvalue weighted by atomic mass is 9.99. The molecule has 0 saturated heterocycles. The molecule has 0 amide bonds. The SMILES string of the molecule is COc1ccc(C(O)c2cc(Br)c(C)cc2OC)cc1. The van der Waals surface area contributed by atoms with Crippen LogP contribution >= 0.6 is 15.9 Å². The second-order valence-corrected chi connectivity index (χ2v) is 5.37. The van der Waals surface area contributed by atoms with Crippen LogP contribution in [-0.2, 0) is 0 Å². The highest BCUT2D eigenvalue weighted by Gasteiger charge is 2.17. The molecule has 0 radical (unpaired) electrons. The Hall–Kier alpha value is -1.52. The number of rotatable bonds is 4. The minimum atomic E-state index is -0.743. The largest absolute Gasteiger partial charge is 0.497 e. The van der Waals surface area contributed by atoms with Gasteiger partial charge in [-0.2, -0.15) is 0 Å². The van der Waals surface area contributed by atoms with Crippen LogP contribution in [0.2, 0.25) is 0 Å². The summed E-state index contributed by atoms with van der Waals surface area (Å²) in [7, 11) is 3.22. The summed E-state index contributed by atoms with van der Waals surface area (Å²) in [6, 6.07) is 11.1. The Balaban J connectivity index is 2.41. The normalized spacial score (nSPS) is 12.1. The Kier molecular flexibility index (Phi) is 4.68. The van der Waals surface area contributed by atoms with Gasteiger partial charge in [0.1, 0.15) is 17.6 Å². The van der Waals surface area contributed by atoms with E-state index in [2.05, 4.69) is 15.9 Å². The van der Waals surface area contributed by atoms with Gasteiger partial charge in [0.05, 0.1) is 14.2 Å². The first-order valence-electron chi connectivity index (χ1n) is 6.23. The van der Waals surface area contributed by atoms with E-state index >= 15 is 0 Å². The molecule has 3 nitrogen and oxygen atoms in total. The van der Waals surface area contributed by atoms with E-state index in [0.29, 0.717) is 5.75 Å². The smallest absolute Gasteiger partial charge is 0.125 e. The number of aliphatic hydroxyl groups excluding tert-OH is 1.